The van der Waals surface area contributed by atoms with Crippen molar-refractivity contribution in [3.05, 3.63) is 30.1 Å². The van der Waals surface area contributed by atoms with E-state index < -0.39 is 0 Å². The zero-order valence-corrected chi connectivity index (χ0v) is 14.3. The lowest BCUT2D eigenvalue weighted by Gasteiger charge is -2.31. The van der Waals surface area contributed by atoms with Gasteiger partial charge in [0.25, 0.3) is 0 Å². The van der Waals surface area contributed by atoms with Crippen LogP contribution >= 0.6 is 0 Å². The van der Waals surface area contributed by atoms with Crippen LogP contribution in [0.5, 0.6) is 0 Å². The summed E-state index contributed by atoms with van der Waals surface area (Å²) in [7, 11) is 0. The summed E-state index contributed by atoms with van der Waals surface area (Å²) in [5.74, 6) is 2.67. The molecule has 23 heavy (non-hydrogen) atoms. The van der Waals surface area contributed by atoms with Gasteiger partial charge in [0.1, 0.15) is 16.9 Å². The predicted octanol–water partition coefficient (Wildman–Crippen LogP) is 1.18. The summed E-state index contributed by atoms with van der Waals surface area (Å²) in [4.78, 5) is 11.9. The molecule has 0 spiro atoms. The molecule has 4 nitrogen and oxygen atoms in total. The van der Waals surface area contributed by atoms with Crippen molar-refractivity contribution < 1.29 is 16.8 Å². The van der Waals surface area contributed by atoms with Crippen LogP contribution < -0.4 is 17.3 Å². The largest absolute Gasteiger partial charge is 1.00 e. The number of hydrogen-bond donors (Lipinski definition) is 0. The van der Waals surface area contributed by atoms with E-state index in [4.69, 9.17) is 14.4 Å². The van der Waals surface area contributed by atoms with Crippen molar-refractivity contribution in [2.45, 2.75) is 33.1 Å². The van der Waals surface area contributed by atoms with Gasteiger partial charge in [-0.25, -0.2) is 9.97 Å². The summed E-state index contributed by atoms with van der Waals surface area (Å²) in [6.45, 7) is 6.53. The molecule has 5 heteroatoms. The highest BCUT2D eigenvalue weighted by molar-refractivity contribution is 6.05. The number of halogens is 1. The second-order valence-electron chi connectivity index (χ2n) is 6.26. The molecule has 0 amide bonds. The molecule has 1 aromatic carbocycles. The van der Waals surface area contributed by atoms with Gasteiger partial charge in [0.15, 0.2) is 11.4 Å². The Labute approximate surface area is 142 Å². The molecule has 0 saturated carbocycles. The highest BCUT2D eigenvalue weighted by atomic mass is 35.5. The minimum atomic E-state index is 0. The molecular formula is C18H21ClN3O-. The third-order valence-corrected chi connectivity index (χ3v) is 4.65. The normalized spacial score (nSPS) is 16.0. The average molecular weight is 331 g/mol. The molecule has 3 heterocycles. The van der Waals surface area contributed by atoms with Gasteiger partial charge in [-0.05, 0) is 30.9 Å². The highest BCUT2D eigenvalue weighted by Gasteiger charge is 2.23. The molecule has 122 valence electrons. The van der Waals surface area contributed by atoms with Gasteiger partial charge in [-0.3, -0.25) is 0 Å². The molecule has 3 aromatic rings. The van der Waals surface area contributed by atoms with Gasteiger partial charge in [-0.15, -0.1) is 0 Å². The Hall–Kier alpha value is -1.81. The molecule has 1 fully saturated rings. The monoisotopic (exact) mass is 330 g/mol. The third-order valence-electron chi connectivity index (χ3n) is 4.65. The average Bonchev–Trinajstić information content (AvgIpc) is 2.93. The Kier molecular flexibility index (Phi) is 4.44. The lowest BCUT2D eigenvalue weighted by Crippen LogP contribution is -3.00. The van der Waals surface area contributed by atoms with E-state index in [0.29, 0.717) is 0 Å². The van der Waals surface area contributed by atoms with E-state index in [-0.39, 0.29) is 12.4 Å². The number of para-hydroxylation sites is 1. The number of rotatable bonds is 2. The summed E-state index contributed by atoms with van der Waals surface area (Å²) in [5, 5.41) is 1.08. The second kappa shape index (κ2) is 6.36. The number of nitrogens with zero attached hydrogens (tertiary/aromatic N) is 3. The number of fused-ring (bicyclic) bond motifs is 3. The van der Waals surface area contributed by atoms with Gasteiger partial charge >= 0.3 is 0 Å². The topological polar surface area (TPSA) is 42.2 Å². The molecule has 4 rings (SSSR count). The molecule has 0 bridgehead atoms. The Morgan fingerprint density at radius 1 is 1.17 bits per heavy atom. The fourth-order valence-electron chi connectivity index (χ4n) is 3.21. The van der Waals surface area contributed by atoms with Crippen LogP contribution in [0.25, 0.3) is 22.1 Å². The van der Waals surface area contributed by atoms with Crippen molar-refractivity contribution in [3.63, 3.8) is 0 Å². The van der Waals surface area contributed by atoms with E-state index in [1.807, 2.05) is 18.2 Å². The van der Waals surface area contributed by atoms with Crippen LogP contribution in [-0.2, 0) is 6.42 Å². The predicted molar refractivity (Wildman–Crippen MR) is 89.3 cm³/mol. The van der Waals surface area contributed by atoms with Gasteiger partial charge < -0.3 is 21.7 Å². The fourth-order valence-corrected chi connectivity index (χ4v) is 3.21. The Morgan fingerprint density at radius 2 is 1.91 bits per heavy atom. The SMILES string of the molecule is CCc1nc(N2CCC(C)CC2)c2oc3ccccc3c2n1.[Cl-]. The molecule has 0 N–H and O–H groups in total. The summed E-state index contributed by atoms with van der Waals surface area (Å²) in [6, 6.07) is 8.12. The molecule has 0 atom stereocenters. The summed E-state index contributed by atoms with van der Waals surface area (Å²) in [5.41, 5.74) is 2.69. The second-order valence-corrected chi connectivity index (χ2v) is 6.26. The summed E-state index contributed by atoms with van der Waals surface area (Å²) < 4.78 is 6.10. The van der Waals surface area contributed by atoms with Gasteiger partial charge in [-0.2, -0.15) is 0 Å². The summed E-state index contributed by atoms with van der Waals surface area (Å²) in [6.07, 6.45) is 3.27. The van der Waals surface area contributed by atoms with E-state index in [0.717, 1.165) is 59.1 Å². The van der Waals surface area contributed by atoms with Crippen molar-refractivity contribution in [2.24, 2.45) is 5.92 Å². The molecule has 2 aromatic heterocycles. The van der Waals surface area contributed by atoms with Crippen molar-refractivity contribution in [3.8, 4) is 0 Å². The van der Waals surface area contributed by atoms with Crippen LogP contribution in [0.1, 0.15) is 32.5 Å². The van der Waals surface area contributed by atoms with Gasteiger partial charge in [0.05, 0.1) is 0 Å². The van der Waals surface area contributed by atoms with Crippen molar-refractivity contribution in [2.75, 3.05) is 18.0 Å². The van der Waals surface area contributed by atoms with E-state index in [1.54, 1.807) is 0 Å². The van der Waals surface area contributed by atoms with Crippen LogP contribution in [0.3, 0.4) is 0 Å². The van der Waals surface area contributed by atoms with Crippen LogP contribution in [-0.4, -0.2) is 23.1 Å². The minimum Gasteiger partial charge on any atom is -1.00 e. The first kappa shape index (κ1) is 16.1. The van der Waals surface area contributed by atoms with Crippen LogP contribution in [0.2, 0.25) is 0 Å². The summed E-state index contributed by atoms with van der Waals surface area (Å²) >= 11 is 0. The maximum Gasteiger partial charge on any atom is 0.196 e. The Bertz CT molecular complexity index is 822. The molecule has 1 aliphatic heterocycles. The Balaban J connectivity index is 0.00000156. The number of benzene rings is 1. The van der Waals surface area contributed by atoms with E-state index in [2.05, 4.69) is 24.8 Å². The first-order chi connectivity index (χ1) is 10.8. The lowest BCUT2D eigenvalue weighted by atomic mass is 9.99. The maximum absolute atomic E-state index is 6.10. The standard InChI is InChI=1S/C18H21N3O.ClH/c1-3-15-19-16-13-6-4-5-7-14(13)22-17(16)18(20-15)21-10-8-12(2)9-11-21;/h4-7,12H,3,8-11H2,1-2H3;1H/p-1. The number of aromatic nitrogens is 2. The molecule has 1 saturated heterocycles. The van der Waals surface area contributed by atoms with Gasteiger partial charge in [0.2, 0.25) is 0 Å². The van der Waals surface area contributed by atoms with Crippen LogP contribution in [0.15, 0.2) is 28.7 Å². The van der Waals surface area contributed by atoms with Crippen molar-refractivity contribution in [1.82, 2.24) is 9.97 Å². The highest BCUT2D eigenvalue weighted by Crippen LogP contribution is 2.34. The number of furan rings is 1. The van der Waals surface area contributed by atoms with Gasteiger partial charge in [-0.1, -0.05) is 26.0 Å². The van der Waals surface area contributed by atoms with E-state index in [1.165, 1.54) is 12.8 Å². The number of aryl methyl sites for hydroxylation is 1. The van der Waals surface area contributed by atoms with E-state index >= 15 is 0 Å². The van der Waals surface area contributed by atoms with Crippen molar-refractivity contribution in [1.29, 1.82) is 0 Å². The van der Waals surface area contributed by atoms with E-state index in [9.17, 15) is 0 Å². The van der Waals surface area contributed by atoms with Crippen LogP contribution in [0.4, 0.5) is 5.82 Å². The quantitative estimate of drug-likeness (QED) is 0.707. The zero-order valence-electron chi connectivity index (χ0n) is 13.6. The minimum absolute atomic E-state index is 0. The molecule has 0 radical (unpaired) electrons. The number of piperidine rings is 1. The number of hydrogen-bond acceptors (Lipinski definition) is 4. The maximum atomic E-state index is 6.10. The zero-order chi connectivity index (χ0) is 15.1. The molecule has 0 unspecified atom stereocenters. The first-order valence-electron chi connectivity index (χ1n) is 8.19. The molecule has 1 aliphatic rings. The third kappa shape index (κ3) is 2.76. The Morgan fingerprint density at radius 3 is 2.65 bits per heavy atom. The fraction of sp³-hybridized carbons (Fsp3) is 0.444. The first-order valence-corrected chi connectivity index (χ1v) is 8.19. The number of anilines is 1. The van der Waals surface area contributed by atoms with Gasteiger partial charge in [0, 0.05) is 24.9 Å². The van der Waals surface area contributed by atoms with Crippen LogP contribution in [0, 0.1) is 5.92 Å². The van der Waals surface area contributed by atoms with Crippen molar-refractivity contribution >= 4 is 27.9 Å². The molecule has 0 aliphatic carbocycles. The molecular weight excluding hydrogens is 310 g/mol. The smallest absolute Gasteiger partial charge is 0.196 e. The lowest BCUT2D eigenvalue weighted by molar-refractivity contribution is -0.00000516.